The molecule has 0 aliphatic carbocycles. The Balaban J connectivity index is 0.00000420. The van der Waals surface area contributed by atoms with E-state index in [1.807, 2.05) is 0 Å². The van der Waals surface area contributed by atoms with Crippen molar-refractivity contribution in [3.63, 3.8) is 0 Å². The molecule has 1 aliphatic heterocycles. The van der Waals surface area contributed by atoms with Gasteiger partial charge in [-0.25, -0.2) is 0 Å². The lowest BCUT2D eigenvalue weighted by molar-refractivity contribution is -0.0504. The van der Waals surface area contributed by atoms with Crippen molar-refractivity contribution in [3.8, 4) is 11.5 Å². The van der Waals surface area contributed by atoms with Gasteiger partial charge in [0.25, 0.3) is 0 Å². The highest BCUT2D eigenvalue weighted by molar-refractivity contribution is 14.0. The van der Waals surface area contributed by atoms with Crippen LogP contribution in [-0.4, -0.2) is 71.0 Å². The van der Waals surface area contributed by atoms with E-state index in [0.717, 1.165) is 26.1 Å². The van der Waals surface area contributed by atoms with Crippen molar-refractivity contribution in [1.82, 2.24) is 15.5 Å². The van der Waals surface area contributed by atoms with Gasteiger partial charge in [-0.2, -0.15) is 8.78 Å². The topological polar surface area (TPSA) is 67.4 Å². The molecule has 1 atom stereocenters. The molecule has 0 bridgehead atoms. The quantitative estimate of drug-likeness (QED) is 0.277. The van der Waals surface area contributed by atoms with Gasteiger partial charge in [0.1, 0.15) is 11.5 Å². The van der Waals surface area contributed by atoms with Crippen LogP contribution >= 0.6 is 24.0 Å². The second-order valence-electron chi connectivity index (χ2n) is 6.48. The average molecular weight is 528 g/mol. The summed E-state index contributed by atoms with van der Waals surface area (Å²) in [5, 5.41) is 6.46. The molecule has 7 nitrogen and oxygen atoms in total. The number of methoxy groups -OCH3 is 2. The molecule has 1 aromatic carbocycles. The van der Waals surface area contributed by atoms with Crippen molar-refractivity contribution in [1.29, 1.82) is 0 Å². The minimum Gasteiger partial charge on any atom is -0.497 e. The Morgan fingerprint density at radius 2 is 2.10 bits per heavy atom. The standard InChI is InChI=1S/C19H30F2N4O3.HI/c1-22-19(24-13-15-5-4-8-25(15)9-10-26-2)23-12-14-11-16(27-3)6-7-17(14)28-18(20)21;/h6-7,11,15,18H,4-5,8-10,12-13H2,1-3H3,(H2,22,23,24);1H. The maximum Gasteiger partial charge on any atom is 0.387 e. The summed E-state index contributed by atoms with van der Waals surface area (Å²) >= 11 is 0. The molecule has 166 valence electrons. The highest BCUT2D eigenvalue weighted by Gasteiger charge is 2.24. The molecule has 29 heavy (non-hydrogen) atoms. The molecule has 2 N–H and O–H groups in total. The van der Waals surface area contributed by atoms with E-state index in [9.17, 15) is 8.78 Å². The highest BCUT2D eigenvalue weighted by Crippen LogP contribution is 2.25. The van der Waals surface area contributed by atoms with Gasteiger partial charge in [0.15, 0.2) is 5.96 Å². The van der Waals surface area contributed by atoms with E-state index in [0.29, 0.717) is 29.9 Å². The Kier molecular flexibility index (Phi) is 12.2. The third kappa shape index (κ3) is 8.47. The van der Waals surface area contributed by atoms with Gasteiger partial charge >= 0.3 is 6.61 Å². The normalized spacial score (nSPS) is 17.2. The summed E-state index contributed by atoms with van der Waals surface area (Å²) < 4.78 is 40.2. The zero-order chi connectivity index (χ0) is 20.4. The summed E-state index contributed by atoms with van der Waals surface area (Å²) in [7, 11) is 4.91. The second-order valence-corrected chi connectivity index (χ2v) is 6.48. The van der Waals surface area contributed by atoms with Crippen molar-refractivity contribution < 1.29 is 23.0 Å². The minimum absolute atomic E-state index is 0. The van der Waals surface area contributed by atoms with Crippen LogP contribution in [0, 0.1) is 0 Å². The van der Waals surface area contributed by atoms with Gasteiger partial charge in [-0.1, -0.05) is 0 Å². The van der Waals surface area contributed by atoms with Crippen LogP contribution in [-0.2, 0) is 11.3 Å². The van der Waals surface area contributed by atoms with Crippen LogP contribution in [0.2, 0.25) is 0 Å². The smallest absolute Gasteiger partial charge is 0.387 e. The molecule has 0 radical (unpaired) electrons. The number of likely N-dealkylation sites (tertiary alicyclic amines) is 1. The van der Waals surface area contributed by atoms with E-state index in [1.165, 1.54) is 19.6 Å². The largest absolute Gasteiger partial charge is 0.497 e. The first-order valence-electron chi connectivity index (χ1n) is 9.36. The van der Waals surface area contributed by atoms with Crippen LogP contribution in [0.3, 0.4) is 0 Å². The molecule has 1 unspecified atom stereocenters. The summed E-state index contributed by atoms with van der Waals surface area (Å²) in [6.07, 6.45) is 2.29. The van der Waals surface area contributed by atoms with Gasteiger partial charge in [-0.15, -0.1) is 24.0 Å². The van der Waals surface area contributed by atoms with Gasteiger partial charge in [0.2, 0.25) is 0 Å². The maximum absolute atomic E-state index is 12.6. The minimum atomic E-state index is -2.88. The van der Waals surface area contributed by atoms with E-state index < -0.39 is 6.61 Å². The van der Waals surface area contributed by atoms with Crippen molar-refractivity contribution in [2.45, 2.75) is 32.0 Å². The van der Waals surface area contributed by atoms with Crippen LogP contribution in [0.25, 0.3) is 0 Å². The average Bonchev–Trinajstić information content (AvgIpc) is 3.14. The molecule has 1 aromatic rings. The lowest BCUT2D eigenvalue weighted by Gasteiger charge is -2.25. The van der Waals surface area contributed by atoms with E-state index in [4.69, 9.17) is 9.47 Å². The molecule has 1 saturated heterocycles. The number of benzene rings is 1. The molecular weight excluding hydrogens is 497 g/mol. The molecule has 2 rings (SSSR count). The highest BCUT2D eigenvalue weighted by atomic mass is 127. The van der Waals surface area contributed by atoms with E-state index in [2.05, 4.69) is 25.3 Å². The Bertz CT molecular complexity index is 637. The fourth-order valence-corrected chi connectivity index (χ4v) is 3.28. The number of guanidine groups is 1. The van der Waals surface area contributed by atoms with E-state index >= 15 is 0 Å². The number of rotatable bonds is 10. The zero-order valence-electron chi connectivity index (χ0n) is 17.1. The molecule has 0 saturated carbocycles. The number of alkyl halides is 2. The maximum atomic E-state index is 12.6. The van der Waals surface area contributed by atoms with Gasteiger partial charge in [-0.3, -0.25) is 9.89 Å². The van der Waals surface area contributed by atoms with Gasteiger partial charge in [0.05, 0.1) is 13.7 Å². The zero-order valence-corrected chi connectivity index (χ0v) is 19.5. The van der Waals surface area contributed by atoms with Gasteiger partial charge in [0, 0.05) is 45.4 Å². The van der Waals surface area contributed by atoms with Crippen LogP contribution in [0.1, 0.15) is 18.4 Å². The summed E-state index contributed by atoms with van der Waals surface area (Å²) in [6, 6.07) is 5.15. The Hall–Kier alpha value is -1.40. The first-order chi connectivity index (χ1) is 13.6. The Morgan fingerprint density at radius 3 is 2.76 bits per heavy atom. The number of nitrogens with one attached hydrogen (secondary N) is 2. The van der Waals surface area contributed by atoms with E-state index in [1.54, 1.807) is 26.3 Å². The van der Waals surface area contributed by atoms with Gasteiger partial charge in [-0.05, 0) is 37.6 Å². The predicted octanol–water partition coefficient (Wildman–Crippen LogP) is 2.69. The SMILES string of the molecule is CN=C(NCc1cc(OC)ccc1OC(F)F)NCC1CCCN1CCOC.I. The van der Waals surface area contributed by atoms with Crippen LogP contribution in [0.5, 0.6) is 11.5 Å². The Morgan fingerprint density at radius 1 is 1.31 bits per heavy atom. The van der Waals surface area contributed by atoms with Crippen molar-refractivity contribution >= 4 is 29.9 Å². The fourth-order valence-electron chi connectivity index (χ4n) is 3.28. The van der Waals surface area contributed by atoms with Crippen molar-refractivity contribution in [2.24, 2.45) is 4.99 Å². The number of aliphatic imine (C=N–C) groups is 1. The molecule has 0 aromatic heterocycles. The third-order valence-electron chi connectivity index (χ3n) is 4.74. The lowest BCUT2D eigenvalue weighted by atomic mass is 10.2. The molecule has 10 heteroatoms. The first-order valence-corrected chi connectivity index (χ1v) is 9.36. The van der Waals surface area contributed by atoms with Crippen LogP contribution in [0.4, 0.5) is 8.78 Å². The molecule has 0 spiro atoms. The van der Waals surface area contributed by atoms with Crippen LogP contribution < -0.4 is 20.1 Å². The van der Waals surface area contributed by atoms with Crippen molar-refractivity contribution in [3.05, 3.63) is 23.8 Å². The Labute approximate surface area is 188 Å². The second kappa shape index (κ2) is 13.8. The molecule has 1 aliphatic rings. The number of hydrogen-bond acceptors (Lipinski definition) is 5. The molecule has 1 heterocycles. The first kappa shape index (κ1) is 25.6. The van der Waals surface area contributed by atoms with E-state index in [-0.39, 0.29) is 36.3 Å². The summed E-state index contributed by atoms with van der Waals surface area (Å²) in [5.74, 6) is 1.28. The molecule has 1 fully saturated rings. The third-order valence-corrected chi connectivity index (χ3v) is 4.74. The number of ether oxygens (including phenoxy) is 3. The van der Waals surface area contributed by atoms with Crippen molar-refractivity contribution in [2.75, 3.05) is 47.5 Å². The molecular formula is C19H31F2IN4O3. The number of halogens is 3. The number of nitrogens with zero attached hydrogens (tertiary/aromatic N) is 2. The molecule has 0 amide bonds. The lowest BCUT2D eigenvalue weighted by Crippen LogP contribution is -2.45. The summed E-state index contributed by atoms with van der Waals surface area (Å²) in [4.78, 5) is 6.62. The summed E-state index contributed by atoms with van der Waals surface area (Å²) in [6.45, 7) is 0.836. The van der Waals surface area contributed by atoms with Gasteiger partial charge < -0.3 is 24.8 Å². The predicted molar refractivity (Wildman–Crippen MR) is 120 cm³/mol. The summed E-state index contributed by atoms with van der Waals surface area (Å²) in [5.41, 5.74) is 0.560. The fraction of sp³-hybridized carbons (Fsp3) is 0.632. The number of hydrogen-bond donors (Lipinski definition) is 2. The monoisotopic (exact) mass is 528 g/mol. The van der Waals surface area contributed by atoms with Crippen LogP contribution in [0.15, 0.2) is 23.2 Å².